The molecule has 0 aromatic heterocycles. The number of hydrogen-bond acceptors (Lipinski definition) is 3. The van der Waals surface area contributed by atoms with Gasteiger partial charge in [0.15, 0.2) is 0 Å². The number of nitrogens with one attached hydrogen (secondary N) is 1. The molecule has 0 unspecified atom stereocenters. The number of nitrogens with zero attached hydrogens (tertiary/aromatic N) is 1. The number of likely N-dealkylation sites (tertiary alicyclic amines) is 1. The molecule has 4 heteroatoms. The van der Waals surface area contributed by atoms with E-state index < -0.39 is 0 Å². The molecular weight excluding hydrogens is 226 g/mol. The summed E-state index contributed by atoms with van der Waals surface area (Å²) >= 11 is 0. The topological polar surface area (TPSA) is 62.3 Å². The number of aryl methyl sites for hydroxylation is 1. The van der Waals surface area contributed by atoms with Gasteiger partial charge in [-0.15, -0.1) is 0 Å². The summed E-state index contributed by atoms with van der Waals surface area (Å²) in [6.07, 6.45) is 2.30. The lowest BCUT2D eigenvalue weighted by atomic mass is 10.1. The van der Waals surface area contributed by atoms with Gasteiger partial charge in [-0.2, -0.15) is 0 Å². The average Bonchev–Trinajstić information content (AvgIpc) is 2.34. The third-order valence-electron chi connectivity index (χ3n) is 3.38. The second kappa shape index (κ2) is 5.40. The summed E-state index contributed by atoms with van der Waals surface area (Å²) in [5.74, 6) is 0.810. The molecule has 0 amide bonds. The number of benzene rings is 1. The van der Waals surface area contributed by atoms with Crippen LogP contribution in [0.25, 0.3) is 0 Å². The van der Waals surface area contributed by atoms with E-state index in [1.807, 2.05) is 25.1 Å². The SMILES string of the molecule is Cc1ccc(OC2CCN(C)CC2)c(C(=N)N)c1. The molecule has 4 nitrogen and oxygen atoms in total. The zero-order chi connectivity index (χ0) is 13.1. The average molecular weight is 247 g/mol. The molecule has 1 aliphatic rings. The van der Waals surface area contributed by atoms with Crippen LogP contribution in [0.3, 0.4) is 0 Å². The number of hydrogen-bond donors (Lipinski definition) is 2. The molecule has 1 heterocycles. The number of ether oxygens (including phenoxy) is 1. The second-order valence-electron chi connectivity index (χ2n) is 5.03. The van der Waals surface area contributed by atoms with Gasteiger partial charge in [-0.25, -0.2) is 0 Å². The highest BCUT2D eigenvalue weighted by atomic mass is 16.5. The number of nitrogens with two attached hydrogens (primary N) is 1. The highest BCUT2D eigenvalue weighted by Crippen LogP contribution is 2.23. The van der Waals surface area contributed by atoms with Gasteiger partial charge in [0.05, 0.1) is 5.56 Å². The van der Waals surface area contributed by atoms with Gasteiger partial charge in [-0.05, 0) is 38.9 Å². The summed E-state index contributed by atoms with van der Waals surface area (Å²) in [7, 11) is 2.13. The first-order valence-corrected chi connectivity index (χ1v) is 6.36. The number of rotatable bonds is 3. The lowest BCUT2D eigenvalue weighted by Gasteiger charge is -2.29. The lowest BCUT2D eigenvalue weighted by molar-refractivity contribution is 0.114. The maximum Gasteiger partial charge on any atom is 0.130 e. The van der Waals surface area contributed by atoms with Crippen LogP contribution in [-0.2, 0) is 0 Å². The predicted molar refractivity (Wildman–Crippen MR) is 73.3 cm³/mol. The first-order valence-electron chi connectivity index (χ1n) is 6.36. The van der Waals surface area contributed by atoms with Gasteiger partial charge in [0.2, 0.25) is 0 Å². The Morgan fingerprint density at radius 1 is 1.39 bits per heavy atom. The van der Waals surface area contributed by atoms with Crippen LogP contribution in [-0.4, -0.2) is 37.0 Å². The largest absolute Gasteiger partial charge is 0.490 e. The normalized spacial score (nSPS) is 17.7. The Morgan fingerprint density at radius 2 is 2.06 bits per heavy atom. The number of nitrogen functional groups attached to an aromatic ring is 1. The minimum absolute atomic E-state index is 0.0710. The third-order valence-corrected chi connectivity index (χ3v) is 3.38. The van der Waals surface area contributed by atoms with Crippen LogP contribution in [0.1, 0.15) is 24.0 Å². The maximum absolute atomic E-state index is 7.61. The van der Waals surface area contributed by atoms with E-state index in [2.05, 4.69) is 11.9 Å². The van der Waals surface area contributed by atoms with Crippen molar-refractivity contribution in [2.45, 2.75) is 25.9 Å². The van der Waals surface area contributed by atoms with Crippen LogP contribution in [0.4, 0.5) is 0 Å². The molecule has 0 saturated carbocycles. The smallest absolute Gasteiger partial charge is 0.130 e. The predicted octanol–water partition coefficient (Wildman–Crippen LogP) is 1.75. The zero-order valence-corrected chi connectivity index (χ0v) is 11.1. The van der Waals surface area contributed by atoms with Gasteiger partial charge in [-0.1, -0.05) is 11.6 Å². The van der Waals surface area contributed by atoms with Gasteiger partial charge >= 0.3 is 0 Å². The van der Waals surface area contributed by atoms with E-state index in [1.54, 1.807) is 0 Å². The maximum atomic E-state index is 7.61. The highest BCUT2D eigenvalue weighted by Gasteiger charge is 2.19. The first-order chi connectivity index (χ1) is 8.56. The fourth-order valence-electron chi connectivity index (χ4n) is 2.24. The van der Waals surface area contributed by atoms with Crippen LogP contribution in [0.2, 0.25) is 0 Å². The van der Waals surface area contributed by atoms with Crippen molar-refractivity contribution in [3.63, 3.8) is 0 Å². The minimum atomic E-state index is 0.0710. The quantitative estimate of drug-likeness (QED) is 0.632. The Bertz CT molecular complexity index is 437. The summed E-state index contributed by atoms with van der Waals surface area (Å²) in [5, 5.41) is 7.61. The van der Waals surface area contributed by atoms with Crippen molar-refractivity contribution in [3.8, 4) is 5.75 Å². The van der Waals surface area contributed by atoms with E-state index in [4.69, 9.17) is 15.9 Å². The minimum Gasteiger partial charge on any atom is -0.490 e. The Balaban J connectivity index is 2.11. The van der Waals surface area contributed by atoms with E-state index in [0.29, 0.717) is 5.56 Å². The summed E-state index contributed by atoms with van der Waals surface area (Å²) < 4.78 is 6.00. The molecule has 18 heavy (non-hydrogen) atoms. The molecule has 0 bridgehead atoms. The molecule has 1 aromatic carbocycles. The van der Waals surface area contributed by atoms with E-state index in [1.165, 1.54) is 0 Å². The summed E-state index contributed by atoms with van der Waals surface area (Å²) in [6.45, 7) is 4.11. The zero-order valence-electron chi connectivity index (χ0n) is 11.1. The van der Waals surface area contributed by atoms with E-state index in [-0.39, 0.29) is 11.9 Å². The van der Waals surface area contributed by atoms with Gasteiger partial charge in [-0.3, -0.25) is 5.41 Å². The number of piperidine rings is 1. The molecule has 1 fully saturated rings. The molecular formula is C14H21N3O. The van der Waals surface area contributed by atoms with E-state index in [9.17, 15) is 0 Å². The van der Waals surface area contributed by atoms with Crippen molar-refractivity contribution in [3.05, 3.63) is 29.3 Å². The van der Waals surface area contributed by atoms with Gasteiger partial charge in [0, 0.05) is 13.1 Å². The molecule has 1 aliphatic heterocycles. The van der Waals surface area contributed by atoms with Crippen molar-refractivity contribution in [1.82, 2.24) is 4.90 Å². The summed E-state index contributed by atoms with van der Waals surface area (Å²) in [4.78, 5) is 2.31. The Hall–Kier alpha value is -1.55. The van der Waals surface area contributed by atoms with Crippen LogP contribution in [0.5, 0.6) is 5.75 Å². The van der Waals surface area contributed by atoms with Crippen LogP contribution >= 0.6 is 0 Å². The van der Waals surface area contributed by atoms with Crippen molar-refractivity contribution in [1.29, 1.82) is 5.41 Å². The Morgan fingerprint density at radius 3 is 2.67 bits per heavy atom. The van der Waals surface area contributed by atoms with Crippen molar-refractivity contribution in [2.75, 3.05) is 20.1 Å². The van der Waals surface area contributed by atoms with E-state index in [0.717, 1.165) is 37.2 Å². The van der Waals surface area contributed by atoms with Crippen molar-refractivity contribution >= 4 is 5.84 Å². The standard InChI is InChI=1S/C14H21N3O/c1-10-3-4-13(12(9-10)14(15)16)18-11-5-7-17(2)8-6-11/h3-4,9,11H,5-8H2,1-2H3,(H3,15,16). The Kier molecular flexibility index (Phi) is 3.87. The summed E-state index contributed by atoms with van der Waals surface area (Å²) in [5.41, 5.74) is 7.40. The lowest BCUT2D eigenvalue weighted by Crippen LogP contribution is -2.36. The third kappa shape index (κ3) is 3.01. The first kappa shape index (κ1) is 12.9. The fourth-order valence-corrected chi connectivity index (χ4v) is 2.24. The Labute approximate surface area is 108 Å². The second-order valence-corrected chi connectivity index (χ2v) is 5.03. The van der Waals surface area contributed by atoms with Crippen molar-refractivity contribution < 1.29 is 4.74 Å². The monoisotopic (exact) mass is 247 g/mol. The van der Waals surface area contributed by atoms with Crippen LogP contribution in [0.15, 0.2) is 18.2 Å². The molecule has 1 saturated heterocycles. The molecule has 98 valence electrons. The molecule has 0 atom stereocenters. The van der Waals surface area contributed by atoms with E-state index >= 15 is 0 Å². The molecule has 0 radical (unpaired) electrons. The van der Waals surface area contributed by atoms with Gasteiger partial charge in [0.1, 0.15) is 17.7 Å². The number of amidine groups is 1. The fraction of sp³-hybridized carbons (Fsp3) is 0.500. The molecule has 0 spiro atoms. The van der Waals surface area contributed by atoms with Gasteiger partial charge < -0.3 is 15.4 Å². The molecule has 3 N–H and O–H groups in total. The summed E-state index contributed by atoms with van der Waals surface area (Å²) in [6, 6.07) is 5.83. The highest BCUT2D eigenvalue weighted by molar-refractivity contribution is 5.97. The van der Waals surface area contributed by atoms with Crippen LogP contribution < -0.4 is 10.5 Å². The molecule has 2 rings (SSSR count). The van der Waals surface area contributed by atoms with Crippen LogP contribution in [0, 0.1) is 12.3 Å². The molecule has 0 aliphatic carbocycles. The molecule has 1 aromatic rings. The van der Waals surface area contributed by atoms with Crippen molar-refractivity contribution in [2.24, 2.45) is 5.73 Å². The van der Waals surface area contributed by atoms with Gasteiger partial charge in [0.25, 0.3) is 0 Å².